The minimum absolute atomic E-state index is 0.0674. The number of carbonyl (C=O) groups is 1. The van der Waals surface area contributed by atoms with E-state index in [1.54, 1.807) is 6.07 Å². The summed E-state index contributed by atoms with van der Waals surface area (Å²) in [5, 5.41) is 3.67. The second-order valence-corrected chi connectivity index (χ2v) is 5.20. The number of fused-ring (bicyclic) bond motifs is 1. The van der Waals surface area contributed by atoms with Crippen molar-refractivity contribution in [3.63, 3.8) is 0 Å². The molecule has 6 heteroatoms. The number of aromatic nitrogens is 1. The molecule has 1 amide bonds. The Morgan fingerprint density at radius 2 is 2.44 bits per heavy atom. The van der Waals surface area contributed by atoms with Crippen LogP contribution in [-0.2, 0) is 16.0 Å². The summed E-state index contributed by atoms with van der Waals surface area (Å²) in [4.78, 5) is 15.6. The average Bonchev–Trinajstić information content (AvgIpc) is 3.11. The highest BCUT2D eigenvalue weighted by atomic mass is 32.1. The molecule has 3 rings (SSSR count). The Balaban J connectivity index is 1.61. The third-order valence-corrected chi connectivity index (χ3v) is 3.75. The lowest BCUT2D eigenvalue weighted by Crippen LogP contribution is -2.29. The van der Waals surface area contributed by atoms with E-state index in [9.17, 15) is 9.18 Å². The second-order valence-electron chi connectivity index (χ2n) is 4.08. The third-order valence-electron chi connectivity index (χ3n) is 2.66. The highest BCUT2D eigenvalue weighted by Gasteiger charge is 2.30. The van der Waals surface area contributed by atoms with Crippen molar-refractivity contribution < 1.29 is 13.9 Å². The highest BCUT2D eigenvalue weighted by Crippen LogP contribution is 2.22. The predicted octanol–water partition coefficient (Wildman–Crippen LogP) is 1.49. The summed E-state index contributed by atoms with van der Waals surface area (Å²) in [5.74, 6) is -0.347. The molecule has 0 spiro atoms. The Morgan fingerprint density at radius 3 is 3.22 bits per heavy atom. The van der Waals surface area contributed by atoms with E-state index in [-0.39, 0.29) is 17.8 Å². The summed E-state index contributed by atoms with van der Waals surface area (Å²) in [7, 11) is 0. The fourth-order valence-corrected chi connectivity index (χ4v) is 2.61. The number of benzene rings is 1. The summed E-state index contributed by atoms with van der Waals surface area (Å²) in [6.07, 6.45) is 0.397. The number of ether oxygens (including phenoxy) is 1. The maximum Gasteiger partial charge on any atom is 0.251 e. The zero-order valence-corrected chi connectivity index (χ0v) is 10.3. The first-order chi connectivity index (χ1) is 8.72. The molecule has 1 N–H and O–H groups in total. The molecule has 0 radical (unpaired) electrons. The average molecular weight is 266 g/mol. The molecule has 1 atom stereocenters. The Labute approximate surface area is 107 Å². The van der Waals surface area contributed by atoms with Gasteiger partial charge in [-0.3, -0.25) is 4.79 Å². The van der Waals surface area contributed by atoms with E-state index in [0.29, 0.717) is 25.1 Å². The van der Waals surface area contributed by atoms with Crippen LogP contribution in [0.15, 0.2) is 18.2 Å². The van der Waals surface area contributed by atoms with Crippen molar-refractivity contribution in [2.45, 2.75) is 12.5 Å². The zero-order valence-electron chi connectivity index (χ0n) is 9.48. The van der Waals surface area contributed by atoms with Crippen molar-refractivity contribution in [1.29, 1.82) is 0 Å². The standard InChI is InChI=1S/C12H11FN2O2S/c13-7-1-2-10-8(5-7)15-11(18-10)3-4-14-12(16)9-6-17-9/h1-2,5,9H,3-4,6H2,(H,14,16). The maximum absolute atomic E-state index is 13.0. The van der Waals surface area contributed by atoms with E-state index < -0.39 is 0 Å². The number of halogens is 1. The molecule has 1 aromatic carbocycles. The van der Waals surface area contributed by atoms with Gasteiger partial charge < -0.3 is 10.1 Å². The maximum atomic E-state index is 13.0. The van der Waals surface area contributed by atoms with Gasteiger partial charge in [0.15, 0.2) is 6.10 Å². The predicted molar refractivity (Wildman–Crippen MR) is 66.0 cm³/mol. The molecule has 1 aromatic heterocycles. The summed E-state index contributed by atoms with van der Waals surface area (Å²) >= 11 is 1.52. The van der Waals surface area contributed by atoms with Crippen LogP contribution in [0.2, 0.25) is 0 Å². The lowest BCUT2D eigenvalue weighted by atomic mass is 10.3. The monoisotopic (exact) mass is 266 g/mol. The van der Waals surface area contributed by atoms with Crippen molar-refractivity contribution >= 4 is 27.5 Å². The number of hydrogen-bond acceptors (Lipinski definition) is 4. The van der Waals surface area contributed by atoms with Crippen molar-refractivity contribution in [3.8, 4) is 0 Å². The summed E-state index contributed by atoms with van der Waals surface area (Å²) in [5.41, 5.74) is 0.673. The summed E-state index contributed by atoms with van der Waals surface area (Å²) < 4.78 is 18.8. The first-order valence-corrected chi connectivity index (χ1v) is 6.48. The fourth-order valence-electron chi connectivity index (χ4n) is 1.66. The minimum atomic E-state index is -0.279. The van der Waals surface area contributed by atoms with Gasteiger partial charge >= 0.3 is 0 Å². The third kappa shape index (κ3) is 2.49. The minimum Gasteiger partial charge on any atom is -0.363 e. The molecule has 0 saturated carbocycles. The van der Waals surface area contributed by atoms with Gasteiger partial charge in [0.25, 0.3) is 5.91 Å². The molecule has 18 heavy (non-hydrogen) atoms. The molecule has 1 saturated heterocycles. The van der Waals surface area contributed by atoms with Gasteiger partial charge in [-0.05, 0) is 12.1 Å². The number of epoxide rings is 1. The summed E-state index contributed by atoms with van der Waals surface area (Å²) in [6, 6.07) is 4.57. The molecule has 1 aliphatic rings. The highest BCUT2D eigenvalue weighted by molar-refractivity contribution is 7.18. The van der Waals surface area contributed by atoms with Crippen LogP contribution in [0.4, 0.5) is 4.39 Å². The van der Waals surface area contributed by atoms with Crippen LogP contribution in [0, 0.1) is 5.82 Å². The van der Waals surface area contributed by atoms with Gasteiger partial charge in [-0.1, -0.05) is 0 Å². The number of hydrogen-bond donors (Lipinski definition) is 1. The Kier molecular flexibility index (Phi) is 2.97. The number of rotatable bonds is 4. The van der Waals surface area contributed by atoms with Crippen LogP contribution in [-0.4, -0.2) is 30.1 Å². The Bertz CT molecular complexity index is 595. The van der Waals surface area contributed by atoms with Crippen LogP contribution in [0.25, 0.3) is 10.2 Å². The zero-order chi connectivity index (χ0) is 12.5. The topological polar surface area (TPSA) is 54.5 Å². The van der Waals surface area contributed by atoms with Gasteiger partial charge in [-0.15, -0.1) is 11.3 Å². The van der Waals surface area contributed by atoms with Crippen molar-refractivity contribution in [2.75, 3.05) is 13.2 Å². The van der Waals surface area contributed by atoms with Gasteiger partial charge in [0.2, 0.25) is 0 Å². The molecule has 2 aromatic rings. The van der Waals surface area contributed by atoms with Gasteiger partial charge in [0, 0.05) is 19.0 Å². The normalized spacial score (nSPS) is 17.9. The second kappa shape index (κ2) is 4.62. The smallest absolute Gasteiger partial charge is 0.251 e. The molecule has 0 bridgehead atoms. The van der Waals surface area contributed by atoms with E-state index in [0.717, 1.165) is 9.71 Å². The molecule has 2 heterocycles. The van der Waals surface area contributed by atoms with Gasteiger partial charge in [0.1, 0.15) is 5.82 Å². The molecular weight excluding hydrogens is 255 g/mol. The van der Waals surface area contributed by atoms with Crippen LogP contribution < -0.4 is 5.32 Å². The molecule has 0 aliphatic carbocycles. The van der Waals surface area contributed by atoms with Crippen LogP contribution in [0.3, 0.4) is 0 Å². The van der Waals surface area contributed by atoms with E-state index >= 15 is 0 Å². The number of nitrogens with one attached hydrogen (secondary N) is 1. The van der Waals surface area contributed by atoms with Gasteiger partial charge in [0.05, 0.1) is 21.8 Å². The number of carbonyl (C=O) groups excluding carboxylic acids is 1. The molecule has 94 valence electrons. The number of amides is 1. The number of thiazole rings is 1. The Hall–Kier alpha value is -1.53. The van der Waals surface area contributed by atoms with Crippen molar-refractivity contribution in [1.82, 2.24) is 10.3 Å². The first kappa shape index (κ1) is 11.6. The van der Waals surface area contributed by atoms with Crippen LogP contribution >= 0.6 is 11.3 Å². The SMILES string of the molecule is O=C(NCCc1nc2cc(F)ccc2s1)C1CO1. The largest absolute Gasteiger partial charge is 0.363 e. The molecule has 1 unspecified atom stereocenters. The van der Waals surface area contributed by atoms with Gasteiger partial charge in [-0.25, -0.2) is 9.37 Å². The quantitative estimate of drug-likeness (QED) is 0.853. The van der Waals surface area contributed by atoms with E-state index in [2.05, 4.69) is 10.3 Å². The fraction of sp³-hybridized carbons (Fsp3) is 0.333. The van der Waals surface area contributed by atoms with E-state index in [4.69, 9.17) is 4.74 Å². The molecule has 1 fully saturated rings. The molecular formula is C12H11FN2O2S. The van der Waals surface area contributed by atoms with Crippen molar-refractivity contribution in [3.05, 3.63) is 29.0 Å². The Morgan fingerprint density at radius 1 is 1.61 bits per heavy atom. The van der Waals surface area contributed by atoms with Crippen LogP contribution in [0.5, 0.6) is 0 Å². The number of nitrogens with zero attached hydrogens (tertiary/aromatic N) is 1. The van der Waals surface area contributed by atoms with Crippen LogP contribution in [0.1, 0.15) is 5.01 Å². The molecule has 4 nitrogen and oxygen atoms in total. The lowest BCUT2D eigenvalue weighted by Gasteiger charge is -1.99. The van der Waals surface area contributed by atoms with E-state index in [1.807, 2.05) is 0 Å². The molecule has 1 aliphatic heterocycles. The summed E-state index contributed by atoms with van der Waals surface area (Å²) in [6.45, 7) is 1.05. The lowest BCUT2D eigenvalue weighted by molar-refractivity contribution is -0.122. The van der Waals surface area contributed by atoms with Gasteiger partial charge in [-0.2, -0.15) is 0 Å². The van der Waals surface area contributed by atoms with Crippen molar-refractivity contribution in [2.24, 2.45) is 0 Å². The first-order valence-electron chi connectivity index (χ1n) is 5.67. The van der Waals surface area contributed by atoms with E-state index in [1.165, 1.54) is 23.5 Å².